The fourth-order valence-corrected chi connectivity index (χ4v) is 2.73. The second-order valence-electron chi connectivity index (χ2n) is 5.71. The van der Waals surface area contributed by atoms with Gasteiger partial charge in [-0.1, -0.05) is 50.2 Å². The Kier molecular flexibility index (Phi) is 8.20. The fraction of sp³-hybridized carbons (Fsp3) is 0.400. The summed E-state index contributed by atoms with van der Waals surface area (Å²) in [6, 6.07) is 16.4. The molecule has 0 atom stereocenters. The number of ether oxygens (including phenoxy) is 2. The maximum absolute atomic E-state index is 5.53. The molecule has 126 valence electrons. The molecule has 0 bridgehead atoms. The van der Waals surface area contributed by atoms with Crippen molar-refractivity contribution in [3.8, 4) is 11.5 Å². The maximum Gasteiger partial charge on any atom is 0.122 e. The molecule has 0 aliphatic carbocycles. The first kappa shape index (κ1) is 19.0. The molecule has 0 fully saturated rings. The van der Waals surface area contributed by atoms with Crippen LogP contribution in [0.3, 0.4) is 0 Å². The summed E-state index contributed by atoms with van der Waals surface area (Å²) in [5, 5.41) is 2.75. The van der Waals surface area contributed by atoms with Crippen molar-refractivity contribution in [1.82, 2.24) is 5.32 Å². The van der Waals surface area contributed by atoms with Crippen molar-refractivity contribution in [2.24, 2.45) is 5.92 Å². The molecule has 0 amide bonds. The van der Waals surface area contributed by atoms with Gasteiger partial charge in [0.1, 0.15) is 11.5 Å². The quantitative estimate of drug-likeness (QED) is 0.891. The van der Waals surface area contributed by atoms with Crippen LogP contribution in [0.4, 0.5) is 0 Å². The van der Waals surface area contributed by atoms with Gasteiger partial charge in [0.05, 0.1) is 14.2 Å². The van der Waals surface area contributed by atoms with Crippen LogP contribution < -0.4 is 14.8 Å². The van der Waals surface area contributed by atoms with Crippen LogP contribution in [0.1, 0.15) is 30.9 Å². The third-order valence-corrected chi connectivity index (χ3v) is 3.61. The molecular formula is C20H29NO2. The first-order chi connectivity index (χ1) is 11.1. The van der Waals surface area contributed by atoms with Crippen LogP contribution in [-0.4, -0.2) is 28.3 Å². The van der Waals surface area contributed by atoms with Gasteiger partial charge in [0.15, 0.2) is 0 Å². The van der Waals surface area contributed by atoms with Gasteiger partial charge < -0.3 is 14.8 Å². The van der Waals surface area contributed by atoms with Gasteiger partial charge in [0, 0.05) is 17.0 Å². The van der Waals surface area contributed by atoms with Gasteiger partial charge in [-0.3, -0.25) is 0 Å². The zero-order valence-electron chi connectivity index (χ0n) is 15.1. The smallest absolute Gasteiger partial charge is 0.122 e. The highest BCUT2D eigenvalue weighted by Gasteiger charge is 2.24. The van der Waals surface area contributed by atoms with Crippen molar-refractivity contribution in [3.63, 3.8) is 0 Å². The molecule has 0 saturated carbocycles. The molecule has 0 saturated heterocycles. The van der Waals surface area contributed by atoms with E-state index in [1.54, 1.807) is 14.2 Å². The van der Waals surface area contributed by atoms with E-state index in [0.717, 1.165) is 11.5 Å². The Hall–Kier alpha value is -2.00. The molecule has 0 heterocycles. The van der Waals surface area contributed by atoms with Crippen molar-refractivity contribution < 1.29 is 9.47 Å². The first-order valence-electron chi connectivity index (χ1n) is 7.94. The van der Waals surface area contributed by atoms with Crippen LogP contribution in [0.5, 0.6) is 11.5 Å². The number of para-hydroxylation sites is 2. The van der Waals surface area contributed by atoms with E-state index in [1.807, 2.05) is 38.4 Å². The van der Waals surface area contributed by atoms with Gasteiger partial charge in [0.2, 0.25) is 0 Å². The van der Waals surface area contributed by atoms with E-state index in [4.69, 9.17) is 9.47 Å². The molecule has 0 aliphatic rings. The second kappa shape index (κ2) is 9.90. The van der Waals surface area contributed by atoms with Crippen LogP contribution in [0.25, 0.3) is 0 Å². The van der Waals surface area contributed by atoms with Crippen LogP contribution in [-0.2, 0) is 0 Å². The van der Waals surface area contributed by atoms with E-state index in [0.29, 0.717) is 5.92 Å². The van der Waals surface area contributed by atoms with E-state index >= 15 is 0 Å². The van der Waals surface area contributed by atoms with Crippen LogP contribution in [0, 0.1) is 5.92 Å². The minimum Gasteiger partial charge on any atom is -0.496 e. The van der Waals surface area contributed by atoms with Gasteiger partial charge in [0.25, 0.3) is 0 Å². The zero-order chi connectivity index (χ0) is 17.2. The molecule has 2 aromatic carbocycles. The Labute approximate surface area is 140 Å². The molecule has 0 unspecified atom stereocenters. The monoisotopic (exact) mass is 315 g/mol. The summed E-state index contributed by atoms with van der Waals surface area (Å²) >= 11 is 0. The van der Waals surface area contributed by atoms with Crippen molar-refractivity contribution >= 4 is 0 Å². The van der Waals surface area contributed by atoms with E-state index in [1.165, 1.54) is 11.1 Å². The number of rotatable bonds is 5. The third-order valence-electron chi connectivity index (χ3n) is 3.61. The largest absolute Gasteiger partial charge is 0.496 e. The number of benzene rings is 2. The Bertz CT molecular complexity index is 534. The lowest BCUT2D eigenvalue weighted by Crippen LogP contribution is -2.11. The average Bonchev–Trinajstić information content (AvgIpc) is 2.56. The second-order valence-corrected chi connectivity index (χ2v) is 5.71. The topological polar surface area (TPSA) is 30.5 Å². The Morgan fingerprint density at radius 2 is 1.09 bits per heavy atom. The molecule has 0 aliphatic heterocycles. The van der Waals surface area contributed by atoms with Crippen LogP contribution in [0.2, 0.25) is 0 Å². The Morgan fingerprint density at radius 1 is 0.739 bits per heavy atom. The minimum atomic E-state index is 0.252. The standard InChI is InChI=1S/C18H22O2.C2H7N/c1-13(2)18(14-9-5-7-11-16(14)19-3)15-10-6-8-12-17(15)20-4;1-3-2/h5-13,18H,1-4H3;3H,1-2H3. The first-order valence-corrected chi connectivity index (χ1v) is 7.94. The summed E-state index contributed by atoms with van der Waals surface area (Å²) < 4.78 is 11.1. The number of hydrogen-bond donors (Lipinski definition) is 1. The van der Waals surface area contributed by atoms with Gasteiger partial charge in [-0.15, -0.1) is 0 Å². The molecule has 0 aromatic heterocycles. The predicted molar refractivity (Wildman–Crippen MR) is 97.7 cm³/mol. The van der Waals surface area contributed by atoms with Crippen LogP contribution in [0.15, 0.2) is 48.5 Å². The summed E-state index contributed by atoms with van der Waals surface area (Å²) in [6.45, 7) is 4.45. The van der Waals surface area contributed by atoms with Gasteiger partial charge in [-0.2, -0.15) is 0 Å². The lowest BCUT2D eigenvalue weighted by Gasteiger charge is -2.25. The van der Waals surface area contributed by atoms with E-state index in [-0.39, 0.29) is 5.92 Å². The Balaban J connectivity index is 0.000000816. The van der Waals surface area contributed by atoms with E-state index in [2.05, 4.69) is 43.4 Å². The summed E-state index contributed by atoms with van der Waals surface area (Å²) in [7, 11) is 7.19. The van der Waals surface area contributed by atoms with Crippen LogP contribution >= 0.6 is 0 Å². The lowest BCUT2D eigenvalue weighted by molar-refractivity contribution is 0.390. The molecule has 1 N–H and O–H groups in total. The van der Waals surface area contributed by atoms with Crippen molar-refractivity contribution in [1.29, 1.82) is 0 Å². The third kappa shape index (κ3) is 5.00. The van der Waals surface area contributed by atoms with Crippen molar-refractivity contribution in [3.05, 3.63) is 59.7 Å². The highest BCUT2D eigenvalue weighted by molar-refractivity contribution is 5.47. The Morgan fingerprint density at radius 3 is 1.39 bits per heavy atom. The maximum atomic E-state index is 5.53. The summed E-state index contributed by atoms with van der Waals surface area (Å²) in [6.07, 6.45) is 0. The molecule has 2 rings (SSSR count). The van der Waals surface area contributed by atoms with E-state index in [9.17, 15) is 0 Å². The molecule has 23 heavy (non-hydrogen) atoms. The normalized spacial score (nSPS) is 10.3. The molecule has 2 aromatic rings. The van der Waals surface area contributed by atoms with Gasteiger partial charge in [-0.05, 0) is 32.1 Å². The zero-order valence-corrected chi connectivity index (χ0v) is 15.1. The highest BCUT2D eigenvalue weighted by atomic mass is 16.5. The predicted octanol–water partition coefficient (Wildman–Crippen LogP) is 4.33. The van der Waals surface area contributed by atoms with Crippen molar-refractivity contribution in [2.45, 2.75) is 19.8 Å². The molecule has 0 spiro atoms. The molecule has 3 heteroatoms. The lowest BCUT2D eigenvalue weighted by atomic mass is 9.81. The fourth-order valence-electron chi connectivity index (χ4n) is 2.73. The highest BCUT2D eigenvalue weighted by Crippen LogP contribution is 2.40. The van der Waals surface area contributed by atoms with Gasteiger partial charge >= 0.3 is 0 Å². The summed E-state index contributed by atoms with van der Waals surface area (Å²) in [5.74, 6) is 2.55. The molecule has 3 nitrogen and oxygen atoms in total. The van der Waals surface area contributed by atoms with Gasteiger partial charge in [-0.25, -0.2) is 0 Å². The minimum absolute atomic E-state index is 0.252. The molecular weight excluding hydrogens is 286 g/mol. The summed E-state index contributed by atoms with van der Waals surface area (Å²) in [5.41, 5.74) is 2.41. The molecule has 0 radical (unpaired) electrons. The SMILES string of the molecule is CNC.COc1ccccc1C(c1ccccc1OC)C(C)C. The van der Waals surface area contributed by atoms with Crippen molar-refractivity contribution in [2.75, 3.05) is 28.3 Å². The number of methoxy groups -OCH3 is 2. The van der Waals surface area contributed by atoms with E-state index < -0.39 is 0 Å². The average molecular weight is 315 g/mol. The summed E-state index contributed by atoms with van der Waals surface area (Å²) in [4.78, 5) is 0. The number of hydrogen-bond acceptors (Lipinski definition) is 3. The number of nitrogens with one attached hydrogen (secondary N) is 1.